The summed E-state index contributed by atoms with van der Waals surface area (Å²) in [4.78, 5) is 11.4. The van der Waals surface area contributed by atoms with E-state index in [1.165, 1.54) is 11.1 Å². The van der Waals surface area contributed by atoms with Gasteiger partial charge in [0.15, 0.2) is 5.96 Å². The molecule has 1 aromatic carbocycles. The molecule has 0 spiro atoms. The summed E-state index contributed by atoms with van der Waals surface area (Å²) in [6.07, 6.45) is 4.09. The molecule has 1 aliphatic heterocycles. The molecule has 2 aromatic rings. The van der Waals surface area contributed by atoms with Gasteiger partial charge >= 0.3 is 0 Å². The molecule has 1 fully saturated rings. The fourth-order valence-electron chi connectivity index (χ4n) is 3.63. The average molecular weight is 366 g/mol. The van der Waals surface area contributed by atoms with Crippen LogP contribution < -0.4 is 10.6 Å². The Kier molecular flexibility index (Phi) is 6.82. The maximum absolute atomic E-state index is 4.44. The third kappa shape index (κ3) is 5.30. The molecular weight excluding hydrogens is 334 g/mol. The van der Waals surface area contributed by atoms with Crippen molar-refractivity contribution in [3.05, 3.63) is 65.5 Å². The Balaban J connectivity index is 1.47. The van der Waals surface area contributed by atoms with E-state index in [1.54, 1.807) is 0 Å². The molecule has 144 valence electrons. The second kappa shape index (κ2) is 9.51. The van der Waals surface area contributed by atoms with E-state index in [-0.39, 0.29) is 0 Å². The lowest BCUT2D eigenvalue weighted by Gasteiger charge is -2.37. The third-order valence-corrected chi connectivity index (χ3v) is 5.46. The van der Waals surface area contributed by atoms with Gasteiger partial charge in [-0.05, 0) is 43.9 Å². The van der Waals surface area contributed by atoms with E-state index < -0.39 is 0 Å². The van der Waals surface area contributed by atoms with Crippen molar-refractivity contribution in [2.75, 3.05) is 20.1 Å². The van der Waals surface area contributed by atoms with Crippen LogP contribution in [0.1, 0.15) is 42.6 Å². The summed E-state index contributed by atoms with van der Waals surface area (Å²) < 4.78 is 0. The summed E-state index contributed by atoms with van der Waals surface area (Å²) in [6, 6.07) is 15.8. The molecule has 2 heterocycles. The Morgan fingerprint density at radius 1 is 1.19 bits per heavy atom. The molecule has 1 aliphatic rings. The highest BCUT2D eigenvalue weighted by Crippen LogP contribution is 2.23. The molecule has 0 amide bonds. The van der Waals surface area contributed by atoms with Crippen molar-refractivity contribution in [3.8, 4) is 0 Å². The van der Waals surface area contributed by atoms with E-state index in [2.05, 4.69) is 75.8 Å². The summed E-state index contributed by atoms with van der Waals surface area (Å²) >= 11 is 0. The van der Waals surface area contributed by atoms with Crippen molar-refractivity contribution in [2.45, 2.75) is 45.3 Å². The lowest BCUT2D eigenvalue weighted by Crippen LogP contribution is -2.48. The van der Waals surface area contributed by atoms with Gasteiger partial charge in [0, 0.05) is 38.4 Å². The van der Waals surface area contributed by atoms with Crippen LogP contribution in [-0.4, -0.2) is 42.0 Å². The first-order valence-electron chi connectivity index (χ1n) is 9.84. The molecule has 27 heavy (non-hydrogen) atoms. The smallest absolute Gasteiger partial charge is 0.191 e. The number of aryl methyl sites for hydroxylation is 1. The van der Waals surface area contributed by atoms with E-state index in [9.17, 15) is 0 Å². The standard InChI is InChI=1S/C22H31N5/c1-17-8-7-13-24-21(17)16-25-22(23-3)26-20-11-14-27(15-12-20)18(2)19-9-5-4-6-10-19/h4-10,13,18,20H,11-12,14-16H2,1-3H3,(H2,23,25,26). The Morgan fingerprint density at radius 2 is 1.93 bits per heavy atom. The van der Waals surface area contributed by atoms with Gasteiger partial charge in [0.05, 0.1) is 12.2 Å². The van der Waals surface area contributed by atoms with Crippen LogP contribution in [0, 0.1) is 6.92 Å². The maximum Gasteiger partial charge on any atom is 0.191 e. The van der Waals surface area contributed by atoms with Crippen LogP contribution >= 0.6 is 0 Å². The van der Waals surface area contributed by atoms with Crippen LogP contribution in [0.15, 0.2) is 53.7 Å². The number of aliphatic imine (C=N–C) groups is 1. The quantitative estimate of drug-likeness (QED) is 0.631. The van der Waals surface area contributed by atoms with Gasteiger partial charge in [-0.1, -0.05) is 36.4 Å². The first-order valence-corrected chi connectivity index (χ1v) is 9.84. The van der Waals surface area contributed by atoms with Crippen molar-refractivity contribution in [2.24, 2.45) is 4.99 Å². The fourth-order valence-corrected chi connectivity index (χ4v) is 3.63. The zero-order valence-electron chi connectivity index (χ0n) is 16.7. The van der Waals surface area contributed by atoms with Crippen LogP contribution in [0.2, 0.25) is 0 Å². The van der Waals surface area contributed by atoms with Gasteiger partial charge in [0.25, 0.3) is 0 Å². The van der Waals surface area contributed by atoms with Gasteiger partial charge in [0.1, 0.15) is 0 Å². The van der Waals surface area contributed by atoms with Gasteiger partial charge in [-0.2, -0.15) is 0 Å². The first kappa shape index (κ1) is 19.4. The molecule has 0 saturated carbocycles. The summed E-state index contributed by atoms with van der Waals surface area (Å²) in [5, 5.41) is 6.98. The number of piperidine rings is 1. The Labute approximate surface area is 162 Å². The average Bonchev–Trinajstić information content (AvgIpc) is 2.72. The molecule has 1 saturated heterocycles. The van der Waals surface area contributed by atoms with Crippen molar-refractivity contribution in [1.82, 2.24) is 20.5 Å². The van der Waals surface area contributed by atoms with Gasteiger partial charge in [0.2, 0.25) is 0 Å². The largest absolute Gasteiger partial charge is 0.354 e. The monoisotopic (exact) mass is 365 g/mol. The van der Waals surface area contributed by atoms with Crippen molar-refractivity contribution in [3.63, 3.8) is 0 Å². The van der Waals surface area contributed by atoms with E-state index in [0.29, 0.717) is 18.6 Å². The number of nitrogens with one attached hydrogen (secondary N) is 2. The number of aromatic nitrogens is 1. The van der Waals surface area contributed by atoms with Crippen molar-refractivity contribution < 1.29 is 0 Å². The predicted molar refractivity (Wildman–Crippen MR) is 112 cm³/mol. The summed E-state index contributed by atoms with van der Waals surface area (Å²) in [7, 11) is 1.83. The van der Waals surface area contributed by atoms with E-state index in [4.69, 9.17) is 0 Å². The van der Waals surface area contributed by atoms with Crippen LogP contribution in [0.5, 0.6) is 0 Å². The first-order chi connectivity index (χ1) is 13.2. The Bertz CT molecular complexity index is 735. The minimum Gasteiger partial charge on any atom is -0.354 e. The lowest BCUT2D eigenvalue weighted by atomic mass is 10.0. The number of guanidine groups is 1. The zero-order valence-corrected chi connectivity index (χ0v) is 16.7. The van der Waals surface area contributed by atoms with E-state index >= 15 is 0 Å². The number of pyridine rings is 1. The topological polar surface area (TPSA) is 52.6 Å². The normalized spacial score (nSPS) is 17.5. The second-order valence-electron chi connectivity index (χ2n) is 7.23. The highest BCUT2D eigenvalue weighted by atomic mass is 15.2. The van der Waals surface area contributed by atoms with Gasteiger partial charge in [-0.3, -0.25) is 14.9 Å². The van der Waals surface area contributed by atoms with Crippen LogP contribution in [0.25, 0.3) is 0 Å². The number of likely N-dealkylation sites (tertiary alicyclic amines) is 1. The summed E-state index contributed by atoms with van der Waals surface area (Å²) in [5.41, 5.74) is 3.66. The van der Waals surface area contributed by atoms with Crippen molar-refractivity contribution >= 4 is 5.96 Å². The molecule has 1 aromatic heterocycles. The second-order valence-corrected chi connectivity index (χ2v) is 7.23. The predicted octanol–water partition coefficient (Wildman–Crippen LogP) is 3.28. The number of rotatable bonds is 5. The minimum absolute atomic E-state index is 0.459. The SMILES string of the molecule is CN=C(NCc1ncccc1C)NC1CCN(C(C)c2ccccc2)CC1. The summed E-state index contributed by atoms with van der Waals surface area (Å²) in [5.74, 6) is 0.856. The van der Waals surface area contributed by atoms with Crippen LogP contribution in [0.4, 0.5) is 0 Å². The van der Waals surface area contributed by atoms with Crippen LogP contribution in [0.3, 0.4) is 0 Å². The molecule has 2 N–H and O–H groups in total. The zero-order chi connectivity index (χ0) is 19.1. The third-order valence-electron chi connectivity index (χ3n) is 5.46. The highest BCUT2D eigenvalue weighted by Gasteiger charge is 2.24. The van der Waals surface area contributed by atoms with Gasteiger partial charge in [-0.25, -0.2) is 0 Å². The Morgan fingerprint density at radius 3 is 2.59 bits per heavy atom. The fraction of sp³-hybridized carbons (Fsp3) is 0.455. The molecule has 0 bridgehead atoms. The molecule has 0 radical (unpaired) electrons. The van der Waals surface area contributed by atoms with E-state index in [0.717, 1.165) is 37.6 Å². The number of benzene rings is 1. The number of nitrogens with zero attached hydrogens (tertiary/aromatic N) is 3. The molecule has 1 unspecified atom stereocenters. The molecule has 1 atom stereocenters. The van der Waals surface area contributed by atoms with Gasteiger partial charge in [-0.15, -0.1) is 0 Å². The van der Waals surface area contributed by atoms with Crippen molar-refractivity contribution in [1.29, 1.82) is 0 Å². The highest BCUT2D eigenvalue weighted by molar-refractivity contribution is 5.79. The molecule has 5 nitrogen and oxygen atoms in total. The number of hydrogen-bond donors (Lipinski definition) is 2. The summed E-state index contributed by atoms with van der Waals surface area (Å²) in [6.45, 7) is 7.28. The maximum atomic E-state index is 4.44. The molecular formula is C22H31N5. The molecule has 3 rings (SSSR count). The molecule has 0 aliphatic carbocycles. The van der Waals surface area contributed by atoms with E-state index in [1.807, 2.05) is 19.3 Å². The minimum atomic E-state index is 0.459. The lowest BCUT2D eigenvalue weighted by molar-refractivity contribution is 0.158. The van der Waals surface area contributed by atoms with Crippen LogP contribution in [-0.2, 0) is 6.54 Å². The van der Waals surface area contributed by atoms with Gasteiger partial charge < -0.3 is 10.6 Å². The number of hydrogen-bond acceptors (Lipinski definition) is 3. The molecule has 5 heteroatoms. The Hall–Kier alpha value is -2.40.